The monoisotopic (exact) mass is 409 g/mol. The Morgan fingerprint density at radius 1 is 1.14 bits per heavy atom. The van der Waals surface area contributed by atoms with Gasteiger partial charge in [0.25, 0.3) is 0 Å². The molecule has 0 aliphatic carbocycles. The Morgan fingerprint density at radius 3 is 2.86 bits per heavy atom. The van der Waals surface area contributed by atoms with Gasteiger partial charge in [0.1, 0.15) is 5.82 Å². The first-order chi connectivity index (χ1) is 14.2. The van der Waals surface area contributed by atoms with Crippen molar-refractivity contribution in [3.8, 4) is 0 Å². The SMILES string of the molecule is O=C(CCN1CCN(c2cccc3c2CCN3)CC1)c1csc2ccc(F)cc12. The van der Waals surface area contributed by atoms with E-state index in [-0.39, 0.29) is 11.6 Å². The third kappa shape index (κ3) is 3.63. The molecule has 1 fully saturated rings. The summed E-state index contributed by atoms with van der Waals surface area (Å²) in [5.41, 5.74) is 4.73. The van der Waals surface area contributed by atoms with Gasteiger partial charge >= 0.3 is 0 Å². The highest BCUT2D eigenvalue weighted by molar-refractivity contribution is 7.17. The van der Waals surface area contributed by atoms with Gasteiger partial charge in [-0.25, -0.2) is 4.39 Å². The summed E-state index contributed by atoms with van der Waals surface area (Å²) in [7, 11) is 0. The number of ketones is 1. The second kappa shape index (κ2) is 7.76. The van der Waals surface area contributed by atoms with Crippen LogP contribution in [0.5, 0.6) is 0 Å². The first-order valence-electron chi connectivity index (χ1n) is 10.2. The van der Waals surface area contributed by atoms with Crippen molar-refractivity contribution in [3.63, 3.8) is 0 Å². The Bertz CT molecular complexity index is 1060. The number of piperazine rings is 1. The fourth-order valence-electron chi connectivity index (χ4n) is 4.45. The molecule has 2 aliphatic heterocycles. The summed E-state index contributed by atoms with van der Waals surface area (Å²) < 4.78 is 14.5. The van der Waals surface area contributed by atoms with Gasteiger partial charge in [0, 0.05) is 83.7 Å². The largest absolute Gasteiger partial charge is 0.384 e. The van der Waals surface area contributed by atoms with E-state index < -0.39 is 0 Å². The number of hydrogen-bond donors (Lipinski definition) is 1. The number of benzene rings is 2. The summed E-state index contributed by atoms with van der Waals surface area (Å²) in [5.74, 6) is -0.181. The van der Waals surface area contributed by atoms with Crippen molar-refractivity contribution in [2.45, 2.75) is 12.8 Å². The van der Waals surface area contributed by atoms with E-state index in [1.165, 1.54) is 40.4 Å². The second-order valence-electron chi connectivity index (χ2n) is 7.77. The van der Waals surface area contributed by atoms with Gasteiger partial charge in [-0.15, -0.1) is 11.3 Å². The van der Waals surface area contributed by atoms with E-state index in [4.69, 9.17) is 0 Å². The molecule has 2 aliphatic rings. The minimum Gasteiger partial charge on any atom is -0.384 e. The maximum atomic E-state index is 13.6. The zero-order valence-electron chi connectivity index (χ0n) is 16.3. The van der Waals surface area contributed by atoms with E-state index in [1.807, 2.05) is 5.38 Å². The standard InChI is InChI=1S/C23H24FN3OS/c24-16-4-5-23-18(14-16)19(15-29-23)22(28)7-9-26-10-12-27(13-11-26)21-3-1-2-20-17(21)6-8-25-20/h1-5,14-15,25H,6-13H2. The quantitative estimate of drug-likeness (QED) is 0.634. The van der Waals surface area contributed by atoms with Gasteiger partial charge in [-0.2, -0.15) is 0 Å². The molecule has 1 N–H and O–H groups in total. The molecule has 150 valence electrons. The summed E-state index contributed by atoms with van der Waals surface area (Å²) in [4.78, 5) is 17.6. The Hall–Kier alpha value is -2.44. The topological polar surface area (TPSA) is 35.6 Å². The van der Waals surface area contributed by atoms with E-state index in [9.17, 15) is 9.18 Å². The van der Waals surface area contributed by atoms with E-state index in [1.54, 1.807) is 6.07 Å². The van der Waals surface area contributed by atoms with Crippen LogP contribution in [0.1, 0.15) is 22.3 Å². The fourth-order valence-corrected chi connectivity index (χ4v) is 5.39. The molecular weight excluding hydrogens is 385 g/mol. The number of nitrogens with zero attached hydrogens (tertiary/aromatic N) is 2. The Labute approximate surface area is 173 Å². The van der Waals surface area contributed by atoms with E-state index in [0.29, 0.717) is 12.0 Å². The molecular formula is C23H24FN3OS. The molecule has 0 atom stereocenters. The Morgan fingerprint density at radius 2 is 2.00 bits per heavy atom. The first-order valence-corrected chi connectivity index (χ1v) is 11.1. The number of nitrogens with one attached hydrogen (secondary N) is 1. The van der Waals surface area contributed by atoms with Crippen molar-refractivity contribution in [1.29, 1.82) is 0 Å². The molecule has 3 heterocycles. The van der Waals surface area contributed by atoms with E-state index in [2.05, 4.69) is 33.3 Å². The lowest BCUT2D eigenvalue weighted by molar-refractivity contribution is 0.0964. The highest BCUT2D eigenvalue weighted by Gasteiger charge is 2.23. The number of carbonyl (C=O) groups excluding carboxylic acids is 1. The van der Waals surface area contributed by atoms with Crippen LogP contribution in [0.3, 0.4) is 0 Å². The molecule has 0 amide bonds. The van der Waals surface area contributed by atoms with Gasteiger partial charge in [-0.05, 0) is 36.8 Å². The van der Waals surface area contributed by atoms with E-state index >= 15 is 0 Å². The molecule has 6 heteroatoms. The van der Waals surface area contributed by atoms with Crippen LogP contribution >= 0.6 is 11.3 Å². The Balaban J connectivity index is 1.19. The van der Waals surface area contributed by atoms with Crippen LogP contribution in [-0.2, 0) is 6.42 Å². The van der Waals surface area contributed by atoms with Crippen LogP contribution in [0.4, 0.5) is 15.8 Å². The predicted molar refractivity (Wildman–Crippen MR) is 118 cm³/mol. The number of rotatable bonds is 5. The Kier molecular flexibility index (Phi) is 4.97. The lowest BCUT2D eigenvalue weighted by Crippen LogP contribution is -2.47. The van der Waals surface area contributed by atoms with Crippen molar-refractivity contribution < 1.29 is 9.18 Å². The second-order valence-corrected chi connectivity index (χ2v) is 8.68. The molecule has 0 bridgehead atoms. The van der Waals surface area contributed by atoms with Crippen molar-refractivity contribution in [3.05, 3.63) is 58.7 Å². The molecule has 0 saturated carbocycles. The van der Waals surface area contributed by atoms with Crippen molar-refractivity contribution in [2.24, 2.45) is 0 Å². The van der Waals surface area contributed by atoms with E-state index in [0.717, 1.165) is 55.8 Å². The van der Waals surface area contributed by atoms with Crippen LogP contribution in [-0.4, -0.2) is 50.0 Å². The number of thiophene rings is 1. The summed E-state index contributed by atoms with van der Waals surface area (Å²) in [6.07, 6.45) is 1.57. The van der Waals surface area contributed by atoms with Crippen molar-refractivity contribution >= 4 is 38.6 Å². The van der Waals surface area contributed by atoms with Gasteiger partial charge in [-0.3, -0.25) is 9.69 Å². The summed E-state index contributed by atoms with van der Waals surface area (Å²) in [6.45, 7) is 5.67. The minimum absolute atomic E-state index is 0.108. The van der Waals surface area contributed by atoms with Crippen LogP contribution in [0.25, 0.3) is 10.1 Å². The molecule has 0 unspecified atom stereocenters. The molecule has 4 nitrogen and oxygen atoms in total. The lowest BCUT2D eigenvalue weighted by Gasteiger charge is -2.36. The molecule has 1 aromatic heterocycles. The molecule has 0 radical (unpaired) electrons. The molecule has 0 spiro atoms. The number of Topliss-reactive ketones (excluding diaryl/α,β-unsaturated/α-hetero) is 1. The van der Waals surface area contributed by atoms with Gasteiger partial charge in [0.05, 0.1) is 0 Å². The number of hydrogen-bond acceptors (Lipinski definition) is 5. The number of carbonyl (C=O) groups is 1. The average molecular weight is 410 g/mol. The molecule has 2 aromatic carbocycles. The number of halogens is 1. The predicted octanol–water partition coefficient (Wildman–Crippen LogP) is 4.40. The first kappa shape index (κ1) is 18.6. The van der Waals surface area contributed by atoms with Crippen molar-refractivity contribution in [2.75, 3.05) is 49.5 Å². The van der Waals surface area contributed by atoms with Gasteiger partial charge in [0.15, 0.2) is 5.78 Å². The van der Waals surface area contributed by atoms with Crippen LogP contribution in [0, 0.1) is 5.82 Å². The van der Waals surface area contributed by atoms with Gasteiger partial charge in [-0.1, -0.05) is 6.07 Å². The average Bonchev–Trinajstić information content (AvgIpc) is 3.39. The summed E-state index contributed by atoms with van der Waals surface area (Å²) >= 11 is 1.51. The molecule has 1 saturated heterocycles. The minimum atomic E-state index is -0.288. The molecule has 3 aromatic rings. The van der Waals surface area contributed by atoms with Gasteiger partial charge < -0.3 is 10.2 Å². The van der Waals surface area contributed by atoms with Crippen LogP contribution in [0.2, 0.25) is 0 Å². The van der Waals surface area contributed by atoms with Crippen molar-refractivity contribution in [1.82, 2.24) is 4.90 Å². The zero-order valence-corrected chi connectivity index (χ0v) is 17.1. The van der Waals surface area contributed by atoms with Gasteiger partial charge in [0.2, 0.25) is 0 Å². The highest BCUT2D eigenvalue weighted by atomic mass is 32.1. The van der Waals surface area contributed by atoms with Crippen LogP contribution in [0.15, 0.2) is 41.8 Å². The van der Waals surface area contributed by atoms with Crippen LogP contribution < -0.4 is 10.2 Å². The fraction of sp³-hybridized carbons (Fsp3) is 0.348. The normalized spacial score (nSPS) is 16.8. The third-order valence-corrected chi connectivity index (χ3v) is 7.01. The molecule has 29 heavy (non-hydrogen) atoms. The maximum Gasteiger partial charge on any atom is 0.165 e. The zero-order chi connectivity index (χ0) is 19.8. The summed E-state index contributed by atoms with van der Waals surface area (Å²) in [5, 5.41) is 6.07. The molecule has 5 rings (SSSR count). The third-order valence-electron chi connectivity index (χ3n) is 6.05. The smallest absolute Gasteiger partial charge is 0.165 e. The number of fused-ring (bicyclic) bond motifs is 2. The number of anilines is 2. The highest BCUT2D eigenvalue weighted by Crippen LogP contribution is 2.32. The lowest BCUT2D eigenvalue weighted by atomic mass is 10.1. The summed E-state index contributed by atoms with van der Waals surface area (Å²) in [6, 6.07) is 11.2. The maximum absolute atomic E-state index is 13.6.